The molecule has 2 aliphatic carbocycles. The van der Waals surface area contributed by atoms with E-state index in [0.717, 1.165) is 18.2 Å². The Bertz CT molecular complexity index is 1280. The third-order valence-corrected chi connectivity index (χ3v) is 8.60. The summed E-state index contributed by atoms with van der Waals surface area (Å²) in [6.45, 7) is 6.53. The lowest BCUT2D eigenvalue weighted by Gasteiger charge is -2.35. The molecule has 0 aromatic heterocycles. The minimum atomic E-state index is -4.08. The van der Waals surface area contributed by atoms with Crippen molar-refractivity contribution in [2.75, 3.05) is 12.4 Å². The minimum absolute atomic E-state index is 0.0152. The Hall–Kier alpha value is -2.78. The van der Waals surface area contributed by atoms with Crippen LogP contribution in [0.3, 0.4) is 0 Å². The van der Waals surface area contributed by atoms with Crippen molar-refractivity contribution >= 4 is 38.5 Å². The lowest BCUT2D eigenvalue weighted by molar-refractivity contribution is -0.128. The van der Waals surface area contributed by atoms with E-state index < -0.39 is 21.3 Å². The van der Waals surface area contributed by atoms with E-state index in [-0.39, 0.29) is 28.9 Å². The zero-order valence-corrected chi connectivity index (χ0v) is 20.3. The van der Waals surface area contributed by atoms with Crippen LogP contribution in [0.15, 0.2) is 30.3 Å². The summed E-state index contributed by atoms with van der Waals surface area (Å²) in [5, 5.41) is 3.84. The van der Waals surface area contributed by atoms with Gasteiger partial charge in [-0.1, -0.05) is 32.9 Å². The Labute approximate surface area is 198 Å². The van der Waals surface area contributed by atoms with Crippen LogP contribution < -0.4 is 10.1 Å². The quantitative estimate of drug-likeness (QED) is 0.485. The lowest BCUT2D eigenvalue weighted by Crippen LogP contribution is -2.42. The highest BCUT2D eigenvalue weighted by atomic mass is 32.2. The van der Waals surface area contributed by atoms with Crippen molar-refractivity contribution in [2.24, 2.45) is 16.7 Å². The molecule has 2 saturated carbocycles. The number of ether oxygens (including phenoxy) is 1. The molecule has 182 valence electrons. The first kappa shape index (κ1) is 24.3. The maximum Gasteiger partial charge on any atom is 0.265 e. The van der Waals surface area contributed by atoms with Gasteiger partial charge in [-0.05, 0) is 48.8 Å². The van der Waals surface area contributed by atoms with Crippen LogP contribution in [0.25, 0.3) is 10.8 Å². The maximum absolute atomic E-state index is 11.9. The summed E-state index contributed by atoms with van der Waals surface area (Å²) < 4.78 is 36.7. The Balaban J connectivity index is 0.000000166. The molecule has 8 nitrogen and oxygen atoms in total. The summed E-state index contributed by atoms with van der Waals surface area (Å²) in [4.78, 5) is 35.5. The number of Topliss-reactive ketones (excluding diaryl/α,β-unsaturated/α-hetero) is 1. The second-order valence-corrected chi connectivity index (χ2v) is 11.3. The molecule has 2 unspecified atom stereocenters. The highest BCUT2D eigenvalue weighted by molar-refractivity contribution is 7.85. The molecule has 0 radical (unpaired) electrons. The Kier molecular flexibility index (Phi) is 6.06. The first-order valence-electron chi connectivity index (χ1n) is 11.4. The van der Waals surface area contributed by atoms with Gasteiger partial charge in [0.05, 0.1) is 17.8 Å². The average Bonchev–Trinajstić information content (AvgIpc) is 3.09. The third-order valence-electron chi connectivity index (χ3n) is 7.75. The number of hydrogen-bond acceptors (Lipinski definition) is 6. The van der Waals surface area contributed by atoms with Crippen LogP contribution in [0, 0.1) is 16.7 Å². The van der Waals surface area contributed by atoms with Gasteiger partial charge >= 0.3 is 0 Å². The monoisotopic (exact) mass is 487 g/mol. The van der Waals surface area contributed by atoms with Gasteiger partial charge in [0.2, 0.25) is 0 Å². The number of rotatable bonds is 5. The fourth-order valence-electron chi connectivity index (χ4n) is 5.75. The predicted octanol–water partition coefficient (Wildman–Crippen LogP) is 3.78. The van der Waals surface area contributed by atoms with Crippen molar-refractivity contribution in [3.8, 4) is 5.75 Å². The fourth-order valence-corrected chi connectivity index (χ4v) is 7.05. The number of fused-ring (bicyclic) bond motifs is 2. The number of benzene rings is 2. The third kappa shape index (κ3) is 3.90. The topological polar surface area (TPSA) is 127 Å². The van der Waals surface area contributed by atoms with Gasteiger partial charge in [-0.3, -0.25) is 24.3 Å². The Morgan fingerprint density at radius 2 is 1.76 bits per heavy atom. The molecule has 0 saturated heterocycles. The van der Waals surface area contributed by atoms with E-state index in [0.29, 0.717) is 41.7 Å². The van der Waals surface area contributed by atoms with Crippen LogP contribution >= 0.6 is 0 Å². The van der Waals surface area contributed by atoms with Crippen LogP contribution in [0.2, 0.25) is 0 Å². The van der Waals surface area contributed by atoms with E-state index in [2.05, 4.69) is 5.32 Å². The van der Waals surface area contributed by atoms with E-state index in [9.17, 15) is 22.8 Å². The molecule has 2 aromatic carbocycles. The van der Waals surface area contributed by atoms with Crippen LogP contribution in [0.1, 0.15) is 67.2 Å². The van der Waals surface area contributed by atoms with E-state index in [1.165, 1.54) is 0 Å². The second-order valence-electron chi connectivity index (χ2n) is 9.86. The molecule has 2 N–H and O–H groups in total. The predicted molar refractivity (Wildman–Crippen MR) is 127 cm³/mol. The van der Waals surface area contributed by atoms with Gasteiger partial charge in [-0.2, -0.15) is 8.42 Å². The maximum atomic E-state index is 11.9. The normalized spacial score (nSPS) is 24.6. The summed E-state index contributed by atoms with van der Waals surface area (Å²) in [6.07, 6.45) is 2.88. The second kappa shape index (κ2) is 8.46. The number of nitrogens with one attached hydrogen (secondary N) is 1. The van der Waals surface area contributed by atoms with E-state index in [1.54, 1.807) is 24.3 Å². The van der Waals surface area contributed by atoms with Crippen molar-refractivity contribution in [2.45, 2.75) is 46.5 Å². The molecule has 1 heterocycles. The zero-order valence-electron chi connectivity index (χ0n) is 19.5. The number of carbonyl (C=O) groups is 3. The fraction of sp³-hybridized carbons (Fsp3) is 0.480. The van der Waals surface area contributed by atoms with Crippen LogP contribution in [-0.4, -0.2) is 42.9 Å². The van der Waals surface area contributed by atoms with Crippen LogP contribution in [0.4, 0.5) is 0 Å². The van der Waals surface area contributed by atoms with Gasteiger partial charge in [0, 0.05) is 28.3 Å². The molecular weight excluding hydrogens is 458 g/mol. The molecule has 2 atom stereocenters. The highest BCUT2D eigenvalue weighted by Gasteiger charge is 2.65. The van der Waals surface area contributed by atoms with Crippen molar-refractivity contribution in [3.05, 3.63) is 41.5 Å². The zero-order chi connectivity index (χ0) is 24.9. The van der Waals surface area contributed by atoms with Crippen LogP contribution in [0.5, 0.6) is 5.75 Å². The molecule has 2 aromatic rings. The van der Waals surface area contributed by atoms with Crippen molar-refractivity contribution in [3.63, 3.8) is 0 Å². The van der Waals surface area contributed by atoms with Crippen molar-refractivity contribution < 1.29 is 32.1 Å². The molecule has 34 heavy (non-hydrogen) atoms. The minimum Gasteiger partial charge on any atom is -0.493 e. The number of amides is 2. The molecule has 0 spiro atoms. The summed E-state index contributed by atoms with van der Waals surface area (Å²) in [7, 11) is -4.08. The molecule has 5 rings (SSSR count). The van der Waals surface area contributed by atoms with Crippen molar-refractivity contribution in [1.29, 1.82) is 0 Å². The molecule has 9 heteroatoms. The summed E-state index contributed by atoms with van der Waals surface area (Å²) in [5.74, 6) is -0.0907. The highest BCUT2D eigenvalue weighted by Crippen LogP contribution is 2.64. The summed E-state index contributed by atoms with van der Waals surface area (Å²) in [5.41, 5.74) is -0.0754. The number of hydrogen-bond donors (Lipinski definition) is 2. The summed E-state index contributed by atoms with van der Waals surface area (Å²) >= 11 is 0. The number of carbonyl (C=O) groups excluding carboxylic acids is 3. The lowest BCUT2D eigenvalue weighted by atomic mass is 9.70. The van der Waals surface area contributed by atoms with Gasteiger partial charge in [0.15, 0.2) is 0 Å². The van der Waals surface area contributed by atoms with Gasteiger partial charge in [0.1, 0.15) is 11.5 Å². The molecule has 3 aliphatic rings. The largest absolute Gasteiger partial charge is 0.493 e. The van der Waals surface area contributed by atoms with Gasteiger partial charge < -0.3 is 4.74 Å². The van der Waals surface area contributed by atoms with E-state index >= 15 is 0 Å². The van der Waals surface area contributed by atoms with Gasteiger partial charge in [-0.25, -0.2) is 0 Å². The Morgan fingerprint density at radius 1 is 1.09 bits per heavy atom. The molecule has 2 amide bonds. The first-order valence-corrected chi connectivity index (χ1v) is 13.0. The molecule has 1 aliphatic heterocycles. The number of imide groups is 1. The van der Waals surface area contributed by atoms with E-state index in [4.69, 9.17) is 9.29 Å². The van der Waals surface area contributed by atoms with Gasteiger partial charge in [0.25, 0.3) is 21.9 Å². The Morgan fingerprint density at radius 3 is 2.32 bits per heavy atom. The van der Waals surface area contributed by atoms with Crippen molar-refractivity contribution in [1.82, 2.24) is 5.32 Å². The van der Waals surface area contributed by atoms with E-state index in [1.807, 2.05) is 26.8 Å². The SMILES string of the molecule is CC1(C)C2CCC1(CS(=O)(=O)O)C(=O)C2.CCCOc1ccc2c3c(cccc13)C(=O)NC2=O. The molecule has 2 bridgehead atoms. The molecule has 2 fully saturated rings. The van der Waals surface area contributed by atoms with Crippen LogP contribution in [-0.2, 0) is 14.9 Å². The average molecular weight is 488 g/mol. The molecular formula is C25H29NO7S. The van der Waals surface area contributed by atoms with Gasteiger partial charge in [-0.15, -0.1) is 0 Å². The summed E-state index contributed by atoms with van der Waals surface area (Å²) in [6, 6.07) is 8.89. The number of ketones is 1. The standard InChI is InChI=1S/C15H13NO3.C10H16O4S/c1-2-8-19-12-7-6-11-13-9(12)4-3-5-10(13)14(17)16-15(11)18;1-9(2)7-3-4-10(9,8(11)5-7)6-15(12,13)14/h3-7H,2,8H2,1H3,(H,16,17,18);7H,3-6H2,1-2H3,(H,12,13,14). The first-order chi connectivity index (χ1) is 15.9. The smallest absolute Gasteiger partial charge is 0.265 e.